The number of esters is 1. The van der Waals surface area contributed by atoms with E-state index in [9.17, 15) is 31.1 Å². The number of anilines is 1. The number of nitrogens with two attached hydrogens (primary N) is 1. The highest BCUT2D eigenvalue weighted by atomic mass is 19.4. The zero-order valence-electron chi connectivity index (χ0n) is 10.5. The summed E-state index contributed by atoms with van der Waals surface area (Å²) in [4.78, 5) is 11.3. The van der Waals surface area contributed by atoms with Crippen LogP contribution in [0.4, 0.5) is 32.0 Å². The van der Waals surface area contributed by atoms with Crippen molar-refractivity contribution in [3.8, 4) is 0 Å². The van der Waals surface area contributed by atoms with E-state index in [-0.39, 0.29) is 6.07 Å². The molecular formula is C12H9F6NO2. The molecule has 21 heavy (non-hydrogen) atoms. The van der Waals surface area contributed by atoms with Crippen molar-refractivity contribution in [1.29, 1.82) is 0 Å². The van der Waals surface area contributed by atoms with Gasteiger partial charge in [-0.2, -0.15) is 26.3 Å². The van der Waals surface area contributed by atoms with Gasteiger partial charge < -0.3 is 10.5 Å². The molecule has 0 saturated heterocycles. The minimum absolute atomic E-state index is 0.125. The topological polar surface area (TPSA) is 52.3 Å². The van der Waals surface area contributed by atoms with Gasteiger partial charge in [0.05, 0.1) is 23.8 Å². The average Bonchev–Trinajstić information content (AvgIpc) is 2.33. The molecule has 3 nitrogen and oxygen atoms in total. The molecule has 0 bridgehead atoms. The average molecular weight is 313 g/mol. The van der Waals surface area contributed by atoms with Gasteiger partial charge in [0.15, 0.2) is 0 Å². The first-order chi connectivity index (χ1) is 9.39. The fraction of sp³-hybridized carbons (Fsp3) is 0.250. The molecule has 0 radical (unpaired) electrons. The number of benzene rings is 1. The van der Waals surface area contributed by atoms with Gasteiger partial charge in [-0.15, -0.1) is 0 Å². The summed E-state index contributed by atoms with van der Waals surface area (Å²) in [6, 6.07) is 0.179. The highest BCUT2D eigenvalue weighted by Crippen LogP contribution is 2.42. The molecule has 0 aliphatic heterocycles. The van der Waals surface area contributed by atoms with Crippen LogP contribution in [0.15, 0.2) is 18.7 Å². The Balaban J connectivity index is 3.65. The standard InChI is InChI=1S/C12H9F6NO2/c1-5(10(20)21-2)9-7(12(16,17)18)3-6(4-8(9)19)11(13,14)15/h3-4H,1,19H2,2H3. The van der Waals surface area contributed by atoms with Gasteiger partial charge in [0.2, 0.25) is 0 Å². The first kappa shape index (κ1) is 16.9. The van der Waals surface area contributed by atoms with Crippen LogP contribution in [0, 0.1) is 0 Å². The zero-order valence-corrected chi connectivity index (χ0v) is 10.5. The van der Waals surface area contributed by atoms with E-state index in [1.165, 1.54) is 0 Å². The maximum absolute atomic E-state index is 12.9. The number of rotatable bonds is 2. The highest BCUT2D eigenvalue weighted by Gasteiger charge is 2.40. The van der Waals surface area contributed by atoms with Gasteiger partial charge in [-0.25, -0.2) is 4.79 Å². The molecule has 0 spiro atoms. The zero-order chi connectivity index (χ0) is 16.6. The van der Waals surface area contributed by atoms with E-state index in [1.807, 2.05) is 0 Å². The van der Waals surface area contributed by atoms with E-state index >= 15 is 0 Å². The summed E-state index contributed by atoms with van der Waals surface area (Å²) in [5, 5.41) is 0. The molecule has 0 heterocycles. The molecule has 0 atom stereocenters. The second-order valence-corrected chi connectivity index (χ2v) is 3.95. The molecule has 0 saturated carbocycles. The number of carbonyl (C=O) groups is 1. The largest absolute Gasteiger partial charge is 0.465 e. The van der Waals surface area contributed by atoms with Gasteiger partial charge in [0.1, 0.15) is 0 Å². The van der Waals surface area contributed by atoms with Crippen molar-refractivity contribution in [1.82, 2.24) is 0 Å². The van der Waals surface area contributed by atoms with Crippen molar-refractivity contribution in [2.45, 2.75) is 12.4 Å². The predicted molar refractivity (Wildman–Crippen MR) is 61.9 cm³/mol. The number of ether oxygens (including phenoxy) is 1. The summed E-state index contributed by atoms with van der Waals surface area (Å²) in [6.45, 7) is 3.09. The Kier molecular flexibility index (Phi) is 4.26. The van der Waals surface area contributed by atoms with E-state index < -0.39 is 46.3 Å². The minimum Gasteiger partial charge on any atom is -0.465 e. The first-order valence-corrected chi connectivity index (χ1v) is 5.25. The highest BCUT2D eigenvalue weighted by molar-refractivity contribution is 6.17. The summed E-state index contributed by atoms with van der Waals surface area (Å²) in [6.07, 6.45) is -10.2. The Labute approximate surface area is 115 Å². The molecule has 0 amide bonds. The molecule has 0 aromatic heterocycles. The maximum Gasteiger partial charge on any atom is 0.417 e. The Morgan fingerprint density at radius 3 is 2.05 bits per heavy atom. The van der Waals surface area contributed by atoms with Gasteiger partial charge in [-0.05, 0) is 12.1 Å². The molecule has 0 unspecified atom stereocenters. The number of nitrogen functional groups attached to an aromatic ring is 1. The van der Waals surface area contributed by atoms with Crippen LogP contribution < -0.4 is 5.73 Å². The second kappa shape index (κ2) is 5.30. The fourth-order valence-electron chi connectivity index (χ4n) is 1.61. The molecule has 9 heteroatoms. The van der Waals surface area contributed by atoms with Crippen LogP contribution in [0.5, 0.6) is 0 Å². The van der Waals surface area contributed by atoms with Crippen LogP contribution in [0.25, 0.3) is 5.57 Å². The molecule has 1 aromatic rings. The van der Waals surface area contributed by atoms with Crippen LogP contribution in [0.3, 0.4) is 0 Å². The number of halogens is 6. The summed E-state index contributed by atoms with van der Waals surface area (Å²) < 4.78 is 80.6. The van der Waals surface area contributed by atoms with Crippen LogP contribution in [0.2, 0.25) is 0 Å². The first-order valence-electron chi connectivity index (χ1n) is 5.25. The summed E-state index contributed by atoms with van der Waals surface area (Å²) in [5.74, 6) is -1.23. The van der Waals surface area contributed by atoms with Crippen molar-refractivity contribution >= 4 is 17.2 Å². The van der Waals surface area contributed by atoms with Crippen LogP contribution in [-0.2, 0) is 21.9 Å². The van der Waals surface area contributed by atoms with Crippen LogP contribution in [-0.4, -0.2) is 13.1 Å². The number of methoxy groups -OCH3 is 1. The quantitative estimate of drug-likeness (QED) is 0.393. The van der Waals surface area contributed by atoms with E-state index in [0.29, 0.717) is 6.07 Å². The van der Waals surface area contributed by atoms with Crippen molar-refractivity contribution in [2.24, 2.45) is 0 Å². The van der Waals surface area contributed by atoms with Gasteiger partial charge in [0.25, 0.3) is 0 Å². The molecule has 1 aromatic carbocycles. The summed E-state index contributed by atoms with van der Waals surface area (Å²) >= 11 is 0. The number of alkyl halides is 6. The maximum atomic E-state index is 12.9. The van der Waals surface area contributed by atoms with Crippen LogP contribution in [0.1, 0.15) is 16.7 Å². The lowest BCUT2D eigenvalue weighted by atomic mass is 9.95. The molecule has 1 rings (SSSR count). The third kappa shape index (κ3) is 3.47. The van der Waals surface area contributed by atoms with Gasteiger partial charge in [-0.1, -0.05) is 6.58 Å². The second-order valence-electron chi connectivity index (χ2n) is 3.95. The Hall–Kier alpha value is -2.19. The molecule has 2 N–H and O–H groups in total. The third-order valence-electron chi connectivity index (χ3n) is 2.54. The minimum atomic E-state index is -5.15. The Morgan fingerprint density at radius 1 is 1.14 bits per heavy atom. The molecular weight excluding hydrogens is 304 g/mol. The normalized spacial score (nSPS) is 12.1. The van der Waals surface area contributed by atoms with E-state index in [4.69, 9.17) is 5.73 Å². The van der Waals surface area contributed by atoms with E-state index in [0.717, 1.165) is 7.11 Å². The lowest BCUT2D eigenvalue weighted by molar-refractivity contribution is -0.143. The lowest BCUT2D eigenvalue weighted by Crippen LogP contribution is -2.17. The van der Waals surface area contributed by atoms with Gasteiger partial charge >= 0.3 is 18.3 Å². The van der Waals surface area contributed by atoms with Gasteiger partial charge in [-0.3, -0.25) is 0 Å². The SMILES string of the molecule is C=C(C(=O)OC)c1c(N)cc(C(F)(F)F)cc1C(F)(F)F. The fourth-order valence-corrected chi connectivity index (χ4v) is 1.61. The number of hydrogen-bond acceptors (Lipinski definition) is 3. The number of carbonyl (C=O) groups excluding carboxylic acids is 1. The lowest BCUT2D eigenvalue weighted by Gasteiger charge is -2.18. The van der Waals surface area contributed by atoms with Gasteiger partial charge in [0, 0.05) is 11.3 Å². The van der Waals surface area contributed by atoms with Crippen molar-refractivity contribution in [3.63, 3.8) is 0 Å². The molecule has 116 valence electrons. The molecule has 0 aliphatic carbocycles. The summed E-state index contributed by atoms with van der Waals surface area (Å²) in [5.41, 5.74) is -0.616. The van der Waals surface area contributed by atoms with E-state index in [2.05, 4.69) is 11.3 Å². The Bertz CT molecular complexity index is 589. The third-order valence-corrected chi connectivity index (χ3v) is 2.54. The summed E-state index contributed by atoms with van der Waals surface area (Å²) in [7, 11) is 0.890. The molecule has 0 fully saturated rings. The number of hydrogen-bond donors (Lipinski definition) is 1. The monoisotopic (exact) mass is 313 g/mol. The predicted octanol–water partition coefficient (Wildman–Crippen LogP) is 3.49. The smallest absolute Gasteiger partial charge is 0.417 e. The van der Waals surface area contributed by atoms with Crippen molar-refractivity contribution in [2.75, 3.05) is 12.8 Å². The van der Waals surface area contributed by atoms with Crippen molar-refractivity contribution < 1.29 is 35.9 Å². The van der Waals surface area contributed by atoms with Crippen molar-refractivity contribution in [3.05, 3.63) is 35.4 Å². The molecule has 0 aliphatic rings. The van der Waals surface area contributed by atoms with E-state index in [1.54, 1.807) is 0 Å². The Morgan fingerprint density at radius 2 is 1.67 bits per heavy atom. The van der Waals surface area contributed by atoms with Crippen LogP contribution >= 0.6 is 0 Å².